The lowest BCUT2D eigenvalue weighted by Crippen LogP contribution is -2.10. The van der Waals surface area contributed by atoms with Crippen molar-refractivity contribution in [3.63, 3.8) is 0 Å². The van der Waals surface area contributed by atoms with Crippen molar-refractivity contribution < 1.29 is 13.2 Å². The molecule has 0 aromatic carbocycles. The predicted molar refractivity (Wildman–Crippen MR) is 58.6 cm³/mol. The van der Waals surface area contributed by atoms with E-state index in [0.29, 0.717) is 17.8 Å². The highest BCUT2D eigenvalue weighted by atomic mass is 19.4. The molecular formula is C11H10F3N3O. The molecule has 0 saturated carbocycles. The van der Waals surface area contributed by atoms with Gasteiger partial charge in [0.25, 0.3) is 0 Å². The highest BCUT2D eigenvalue weighted by Gasteiger charge is 2.34. The summed E-state index contributed by atoms with van der Waals surface area (Å²) in [5.74, 6) is 0. The first-order valence-corrected chi connectivity index (χ1v) is 5.27. The van der Waals surface area contributed by atoms with Gasteiger partial charge in [-0.1, -0.05) is 6.92 Å². The molecule has 0 aliphatic rings. The van der Waals surface area contributed by atoms with Gasteiger partial charge in [0.2, 0.25) is 5.56 Å². The quantitative estimate of drug-likeness (QED) is 0.896. The summed E-state index contributed by atoms with van der Waals surface area (Å²) in [6, 6.07) is 3.68. The highest BCUT2D eigenvalue weighted by Crippen LogP contribution is 2.29. The van der Waals surface area contributed by atoms with Crippen LogP contribution in [0.5, 0.6) is 0 Å². The van der Waals surface area contributed by atoms with Crippen LogP contribution in [-0.4, -0.2) is 14.8 Å². The Morgan fingerprint density at radius 2 is 2.11 bits per heavy atom. The van der Waals surface area contributed by atoms with Gasteiger partial charge < -0.3 is 4.98 Å². The lowest BCUT2D eigenvalue weighted by atomic mass is 10.3. The molecule has 1 N–H and O–H groups in total. The standard InChI is InChI=1S/C11H10F3N3O/c1-2-7-5-9(11(12,13)14)16-17(7)8-3-4-15-10(18)6-8/h3-6H,2H2,1H3,(H,15,18). The minimum atomic E-state index is -4.49. The van der Waals surface area contributed by atoms with Crippen molar-refractivity contribution in [3.05, 3.63) is 46.1 Å². The Hall–Kier alpha value is -2.05. The Balaban J connectivity index is 2.57. The Morgan fingerprint density at radius 1 is 1.39 bits per heavy atom. The summed E-state index contributed by atoms with van der Waals surface area (Å²) < 4.78 is 38.8. The van der Waals surface area contributed by atoms with Gasteiger partial charge in [-0.15, -0.1) is 0 Å². The summed E-state index contributed by atoms with van der Waals surface area (Å²) in [6.07, 6.45) is -2.74. The number of aromatic nitrogens is 3. The Bertz CT molecular complexity index is 612. The number of aromatic amines is 1. The van der Waals surface area contributed by atoms with E-state index in [4.69, 9.17) is 0 Å². The van der Waals surface area contributed by atoms with Crippen LogP contribution >= 0.6 is 0 Å². The van der Waals surface area contributed by atoms with Gasteiger partial charge in [0.15, 0.2) is 5.69 Å². The van der Waals surface area contributed by atoms with Gasteiger partial charge in [0, 0.05) is 18.0 Å². The number of nitrogens with one attached hydrogen (secondary N) is 1. The second-order valence-electron chi connectivity index (χ2n) is 3.70. The lowest BCUT2D eigenvalue weighted by molar-refractivity contribution is -0.141. The molecule has 2 aromatic heterocycles. The van der Waals surface area contributed by atoms with Crippen LogP contribution in [0, 0.1) is 0 Å². The summed E-state index contributed by atoms with van der Waals surface area (Å²) in [7, 11) is 0. The SMILES string of the molecule is CCc1cc(C(F)(F)F)nn1-c1cc[nH]c(=O)c1. The number of alkyl halides is 3. The fraction of sp³-hybridized carbons (Fsp3) is 0.273. The second-order valence-corrected chi connectivity index (χ2v) is 3.70. The number of nitrogens with zero attached hydrogens (tertiary/aromatic N) is 2. The van der Waals surface area contributed by atoms with Crippen LogP contribution in [0.4, 0.5) is 13.2 Å². The zero-order valence-corrected chi connectivity index (χ0v) is 9.45. The van der Waals surface area contributed by atoms with Gasteiger partial charge in [-0.05, 0) is 18.6 Å². The average molecular weight is 257 g/mol. The molecule has 18 heavy (non-hydrogen) atoms. The van der Waals surface area contributed by atoms with E-state index in [-0.39, 0.29) is 0 Å². The fourth-order valence-corrected chi connectivity index (χ4v) is 1.60. The Kier molecular flexibility index (Phi) is 2.98. The Morgan fingerprint density at radius 3 is 2.67 bits per heavy atom. The van der Waals surface area contributed by atoms with Crippen LogP contribution in [0.15, 0.2) is 29.2 Å². The van der Waals surface area contributed by atoms with Crippen molar-refractivity contribution in [2.75, 3.05) is 0 Å². The first kappa shape index (κ1) is 12.4. The molecule has 0 saturated heterocycles. The van der Waals surface area contributed by atoms with Crippen LogP contribution in [0.2, 0.25) is 0 Å². The summed E-state index contributed by atoms with van der Waals surface area (Å²) >= 11 is 0. The molecule has 0 atom stereocenters. The zero-order valence-electron chi connectivity index (χ0n) is 9.45. The molecule has 7 heteroatoms. The first-order chi connectivity index (χ1) is 8.41. The van der Waals surface area contributed by atoms with E-state index in [1.54, 1.807) is 6.92 Å². The molecule has 96 valence electrons. The number of hydrogen-bond acceptors (Lipinski definition) is 2. The maximum Gasteiger partial charge on any atom is 0.435 e. The maximum atomic E-state index is 12.6. The van der Waals surface area contributed by atoms with Gasteiger partial charge in [-0.25, -0.2) is 4.68 Å². The third-order valence-electron chi connectivity index (χ3n) is 2.44. The zero-order chi connectivity index (χ0) is 13.3. The van der Waals surface area contributed by atoms with Gasteiger partial charge in [-0.3, -0.25) is 4.79 Å². The van der Waals surface area contributed by atoms with Crippen LogP contribution < -0.4 is 5.56 Å². The molecule has 2 rings (SSSR count). The molecule has 2 aromatic rings. The van der Waals surface area contributed by atoms with Crippen molar-refractivity contribution in [1.82, 2.24) is 14.8 Å². The number of hydrogen-bond donors (Lipinski definition) is 1. The first-order valence-electron chi connectivity index (χ1n) is 5.27. The van der Waals surface area contributed by atoms with Gasteiger partial charge in [0.05, 0.1) is 5.69 Å². The highest BCUT2D eigenvalue weighted by molar-refractivity contribution is 5.32. The molecule has 0 amide bonds. The number of rotatable bonds is 2. The molecule has 0 radical (unpaired) electrons. The van der Waals surface area contributed by atoms with E-state index in [9.17, 15) is 18.0 Å². The monoisotopic (exact) mass is 257 g/mol. The van der Waals surface area contributed by atoms with Crippen molar-refractivity contribution in [2.24, 2.45) is 0 Å². The minimum absolute atomic E-state index is 0.311. The summed E-state index contributed by atoms with van der Waals surface area (Å²) in [4.78, 5) is 13.5. The van der Waals surface area contributed by atoms with Crippen LogP contribution in [0.3, 0.4) is 0 Å². The second kappa shape index (κ2) is 4.32. The summed E-state index contributed by atoms with van der Waals surface area (Å²) in [5.41, 5.74) is -0.641. The van der Waals surface area contributed by atoms with Crippen molar-refractivity contribution in [1.29, 1.82) is 0 Å². The normalized spacial score (nSPS) is 11.8. The average Bonchev–Trinajstić information content (AvgIpc) is 2.72. The van der Waals surface area contributed by atoms with Gasteiger partial charge in [0.1, 0.15) is 0 Å². The van der Waals surface area contributed by atoms with E-state index in [1.807, 2.05) is 0 Å². The van der Waals surface area contributed by atoms with E-state index >= 15 is 0 Å². The third kappa shape index (κ3) is 2.29. The van der Waals surface area contributed by atoms with Crippen LogP contribution in [0.1, 0.15) is 18.3 Å². The third-order valence-corrected chi connectivity index (χ3v) is 2.44. The fourth-order valence-electron chi connectivity index (χ4n) is 1.60. The summed E-state index contributed by atoms with van der Waals surface area (Å²) in [6.45, 7) is 1.72. The number of halogens is 3. The Labute approximate surface area is 100 Å². The molecule has 0 spiro atoms. The molecule has 4 nitrogen and oxygen atoms in total. The maximum absolute atomic E-state index is 12.6. The van der Waals surface area contributed by atoms with Gasteiger partial charge in [-0.2, -0.15) is 18.3 Å². The van der Waals surface area contributed by atoms with Crippen LogP contribution in [-0.2, 0) is 12.6 Å². The van der Waals surface area contributed by atoms with Crippen LogP contribution in [0.25, 0.3) is 5.69 Å². The topological polar surface area (TPSA) is 50.7 Å². The number of pyridine rings is 1. The van der Waals surface area contributed by atoms with Crippen molar-refractivity contribution in [2.45, 2.75) is 19.5 Å². The lowest BCUT2D eigenvalue weighted by Gasteiger charge is -2.04. The molecule has 0 aliphatic heterocycles. The van der Waals surface area contributed by atoms with Crippen molar-refractivity contribution in [3.8, 4) is 5.69 Å². The number of H-pyrrole nitrogens is 1. The summed E-state index contributed by atoms with van der Waals surface area (Å²) in [5, 5.41) is 3.50. The van der Waals surface area contributed by atoms with E-state index in [1.165, 1.54) is 18.3 Å². The van der Waals surface area contributed by atoms with E-state index in [2.05, 4.69) is 10.1 Å². The minimum Gasteiger partial charge on any atom is -0.329 e. The largest absolute Gasteiger partial charge is 0.435 e. The van der Waals surface area contributed by atoms with E-state index < -0.39 is 17.4 Å². The molecule has 0 bridgehead atoms. The van der Waals surface area contributed by atoms with Crippen molar-refractivity contribution >= 4 is 0 Å². The van der Waals surface area contributed by atoms with E-state index in [0.717, 1.165) is 10.7 Å². The smallest absolute Gasteiger partial charge is 0.329 e. The predicted octanol–water partition coefficient (Wildman–Crippen LogP) is 2.14. The molecular weight excluding hydrogens is 247 g/mol. The molecule has 0 unspecified atom stereocenters. The molecule has 0 aliphatic carbocycles. The molecule has 2 heterocycles. The molecule has 0 fully saturated rings. The van der Waals surface area contributed by atoms with Gasteiger partial charge >= 0.3 is 6.18 Å². The number of aryl methyl sites for hydroxylation is 1.